The number of halogens is 2. The Labute approximate surface area is 160 Å². The molecule has 2 fully saturated rings. The highest BCUT2D eigenvalue weighted by Crippen LogP contribution is 2.36. The Morgan fingerprint density at radius 2 is 1.85 bits per heavy atom. The summed E-state index contributed by atoms with van der Waals surface area (Å²) in [5, 5.41) is 0. The van der Waals surface area contributed by atoms with Crippen molar-refractivity contribution in [3.05, 3.63) is 29.6 Å². The number of amides is 1. The lowest BCUT2D eigenvalue weighted by atomic mass is 9.78. The number of piperidine rings is 1. The van der Waals surface area contributed by atoms with E-state index in [1.165, 1.54) is 12.1 Å². The molecule has 1 atom stereocenters. The van der Waals surface area contributed by atoms with Gasteiger partial charge >= 0.3 is 7.12 Å². The SMILES string of the molecule is CC1(C)OB(c2cc(F)cc(C(=O)N3CCC[C@H](N)C3)c2)OC1(C)C.Cl. The molecule has 144 valence electrons. The molecule has 2 aliphatic heterocycles. The lowest BCUT2D eigenvalue weighted by molar-refractivity contribution is 0.00578. The van der Waals surface area contributed by atoms with Gasteiger partial charge < -0.3 is 19.9 Å². The third-order valence-electron chi connectivity index (χ3n) is 5.44. The van der Waals surface area contributed by atoms with Gasteiger partial charge in [0.05, 0.1) is 11.2 Å². The first kappa shape index (κ1) is 21.2. The van der Waals surface area contributed by atoms with E-state index in [1.807, 2.05) is 27.7 Å². The predicted molar refractivity (Wildman–Crippen MR) is 102 cm³/mol. The molecule has 1 amide bonds. The van der Waals surface area contributed by atoms with Crippen molar-refractivity contribution in [2.24, 2.45) is 5.73 Å². The molecule has 0 aromatic heterocycles. The van der Waals surface area contributed by atoms with Crippen LogP contribution in [0.2, 0.25) is 0 Å². The summed E-state index contributed by atoms with van der Waals surface area (Å²) in [7, 11) is -0.698. The first-order valence-electron chi connectivity index (χ1n) is 8.80. The summed E-state index contributed by atoms with van der Waals surface area (Å²) in [6, 6.07) is 4.26. The van der Waals surface area contributed by atoms with Gasteiger partial charge in [-0.25, -0.2) is 4.39 Å². The molecule has 8 heteroatoms. The van der Waals surface area contributed by atoms with Gasteiger partial charge in [-0.05, 0) is 64.2 Å². The molecule has 1 aromatic carbocycles. The molecular formula is C18H27BClFN2O3. The topological polar surface area (TPSA) is 64.8 Å². The van der Waals surface area contributed by atoms with Gasteiger partial charge in [-0.15, -0.1) is 12.4 Å². The van der Waals surface area contributed by atoms with Crippen LogP contribution in [0, 0.1) is 5.82 Å². The number of hydrogen-bond donors (Lipinski definition) is 1. The molecule has 0 saturated carbocycles. The summed E-state index contributed by atoms with van der Waals surface area (Å²) >= 11 is 0. The van der Waals surface area contributed by atoms with Crippen molar-refractivity contribution in [2.75, 3.05) is 13.1 Å². The number of likely N-dealkylation sites (tertiary alicyclic amines) is 1. The summed E-state index contributed by atoms with van der Waals surface area (Å²) in [4.78, 5) is 14.4. The maximum Gasteiger partial charge on any atom is 0.494 e. The van der Waals surface area contributed by atoms with Crippen molar-refractivity contribution in [2.45, 2.75) is 57.8 Å². The average molecular weight is 385 g/mol. The monoisotopic (exact) mass is 384 g/mol. The van der Waals surface area contributed by atoms with E-state index in [9.17, 15) is 9.18 Å². The molecule has 0 unspecified atom stereocenters. The Bertz CT molecular complexity index is 670. The molecule has 26 heavy (non-hydrogen) atoms. The van der Waals surface area contributed by atoms with Gasteiger partial charge in [0.1, 0.15) is 5.82 Å². The van der Waals surface area contributed by atoms with E-state index in [4.69, 9.17) is 15.0 Å². The van der Waals surface area contributed by atoms with Gasteiger partial charge in [-0.1, -0.05) is 0 Å². The van der Waals surface area contributed by atoms with Crippen molar-refractivity contribution in [3.8, 4) is 0 Å². The number of carbonyl (C=O) groups is 1. The quantitative estimate of drug-likeness (QED) is 0.793. The molecule has 0 spiro atoms. The average Bonchev–Trinajstić information content (AvgIpc) is 2.74. The summed E-state index contributed by atoms with van der Waals surface area (Å²) in [6.07, 6.45) is 1.78. The highest BCUT2D eigenvalue weighted by atomic mass is 35.5. The maximum atomic E-state index is 14.2. The van der Waals surface area contributed by atoms with E-state index >= 15 is 0 Å². The van der Waals surface area contributed by atoms with Gasteiger partial charge in [0, 0.05) is 24.7 Å². The molecule has 2 heterocycles. The first-order valence-corrected chi connectivity index (χ1v) is 8.80. The fourth-order valence-corrected chi connectivity index (χ4v) is 3.23. The number of rotatable bonds is 2. The third-order valence-corrected chi connectivity index (χ3v) is 5.44. The zero-order valence-electron chi connectivity index (χ0n) is 15.8. The van der Waals surface area contributed by atoms with Crippen molar-refractivity contribution >= 4 is 30.9 Å². The standard InChI is InChI=1S/C18H26BFN2O3.ClH/c1-17(2)18(3,4)25-19(24-17)13-8-12(9-14(20)10-13)16(23)22-7-5-6-15(21)11-22;/h8-10,15H,5-7,11,21H2,1-4H3;1H/t15-;/m0./s1. The second-order valence-electron chi connectivity index (χ2n) is 8.01. The maximum absolute atomic E-state index is 14.2. The van der Waals surface area contributed by atoms with E-state index < -0.39 is 24.1 Å². The van der Waals surface area contributed by atoms with Gasteiger partial charge in [0.15, 0.2) is 0 Å². The summed E-state index contributed by atoms with van der Waals surface area (Å²) in [5.74, 6) is -0.677. The molecule has 2 saturated heterocycles. The second kappa shape index (κ2) is 7.47. The minimum atomic E-state index is -0.698. The van der Waals surface area contributed by atoms with Crippen LogP contribution < -0.4 is 11.2 Å². The highest BCUT2D eigenvalue weighted by Gasteiger charge is 2.51. The number of carbonyl (C=O) groups excluding carboxylic acids is 1. The number of hydrogen-bond acceptors (Lipinski definition) is 4. The molecule has 3 rings (SSSR count). The largest absolute Gasteiger partial charge is 0.494 e. The Kier molecular flexibility index (Phi) is 6.08. The van der Waals surface area contributed by atoms with Gasteiger partial charge in [0.2, 0.25) is 0 Å². The predicted octanol–water partition coefficient (Wildman–Crippen LogP) is 2.11. The third kappa shape index (κ3) is 4.06. The Hall–Kier alpha value is -1.15. The van der Waals surface area contributed by atoms with Crippen LogP contribution in [0.3, 0.4) is 0 Å². The van der Waals surface area contributed by atoms with Crippen LogP contribution in [0.4, 0.5) is 4.39 Å². The second-order valence-corrected chi connectivity index (χ2v) is 8.01. The smallest absolute Gasteiger partial charge is 0.399 e. The summed E-state index contributed by atoms with van der Waals surface area (Å²) in [6.45, 7) is 8.90. The Balaban J connectivity index is 0.00000243. The van der Waals surface area contributed by atoms with Crippen LogP contribution in [-0.4, -0.2) is 48.3 Å². The minimum Gasteiger partial charge on any atom is -0.399 e. The first-order chi connectivity index (χ1) is 11.6. The van der Waals surface area contributed by atoms with E-state index in [2.05, 4.69) is 0 Å². The van der Waals surface area contributed by atoms with Gasteiger partial charge in [-0.2, -0.15) is 0 Å². The fourth-order valence-electron chi connectivity index (χ4n) is 3.23. The highest BCUT2D eigenvalue weighted by molar-refractivity contribution is 6.62. The van der Waals surface area contributed by atoms with Crippen LogP contribution >= 0.6 is 12.4 Å². The van der Waals surface area contributed by atoms with Crippen molar-refractivity contribution in [1.29, 1.82) is 0 Å². The fraction of sp³-hybridized carbons (Fsp3) is 0.611. The number of nitrogens with two attached hydrogens (primary N) is 1. The normalized spacial score (nSPS) is 24.3. The van der Waals surface area contributed by atoms with Crippen LogP contribution in [0.25, 0.3) is 0 Å². The summed E-state index contributed by atoms with van der Waals surface area (Å²) < 4.78 is 26.1. The van der Waals surface area contributed by atoms with E-state index in [0.717, 1.165) is 12.8 Å². The molecular weight excluding hydrogens is 357 g/mol. The molecule has 0 bridgehead atoms. The van der Waals surface area contributed by atoms with E-state index in [-0.39, 0.29) is 24.4 Å². The molecule has 1 aromatic rings. The molecule has 0 radical (unpaired) electrons. The molecule has 0 aliphatic carbocycles. The van der Waals surface area contributed by atoms with Crippen LogP contribution in [0.1, 0.15) is 50.9 Å². The lowest BCUT2D eigenvalue weighted by Gasteiger charge is -2.32. The Morgan fingerprint density at radius 3 is 2.42 bits per heavy atom. The molecule has 5 nitrogen and oxygen atoms in total. The van der Waals surface area contributed by atoms with Crippen molar-refractivity contribution in [3.63, 3.8) is 0 Å². The Morgan fingerprint density at radius 1 is 1.23 bits per heavy atom. The molecule has 2 aliphatic rings. The van der Waals surface area contributed by atoms with E-state index in [0.29, 0.717) is 24.1 Å². The number of benzene rings is 1. The zero-order chi connectivity index (χ0) is 18.4. The zero-order valence-corrected chi connectivity index (χ0v) is 16.6. The molecule has 2 N–H and O–H groups in total. The van der Waals surface area contributed by atoms with Crippen molar-refractivity contribution < 1.29 is 18.5 Å². The van der Waals surface area contributed by atoms with E-state index in [1.54, 1.807) is 11.0 Å². The lowest BCUT2D eigenvalue weighted by Crippen LogP contribution is -2.46. The minimum absolute atomic E-state index is 0. The van der Waals surface area contributed by atoms with Gasteiger partial charge in [-0.3, -0.25) is 4.79 Å². The van der Waals surface area contributed by atoms with Crippen molar-refractivity contribution in [1.82, 2.24) is 4.90 Å². The van der Waals surface area contributed by atoms with Crippen LogP contribution in [0.15, 0.2) is 18.2 Å². The van der Waals surface area contributed by atoms with Gasteiger partial charge in [0.25, 0.3) is 5.91 Å². The number of nitrogens with zero attached hydrogens (tertiary/aromatic N) is 1. The van der Waals surface area contributed by atoms with Crippen LogP contribution in [-0.2, 0) is 9.31 Å². The van der Waals surface area contributed by atoms with Crippen LogP contribution in [0.5, 0.6) is 0 Å². The summed E-state index contributed by atoms with van der Waals surface area (Å²) in [5.41, 5.74) is 5.73.